The van der Waals surface area contributed by atoms with E-state index >= 15 is 0 Å². The van der Waals surface area contributed by atoms with Crippen molar-refractivity contribution >= 4 is 15.2 Å². The van der Waals surface area contributed by atoms with E-state index in [9.17, 15) is 28.7 Å². The van der Waals surface area contributed by atoms with Crippen LogP contribution in [-0.4, -0.2) is 16.7 Å². The fraction of sp³-hybridized carbons (Fsp3) is 1.00. The topological polar surface area (TPSA) is 173 Å². The molecule has 0 rings (SSSR count). The van der Waals surface area contributed by atoms with Gasteiger partial charge in [-0.05, 0) is 41.0 Å². The molecule has 8 nitrogen and oxygen atoms in total. The van der Waals surface area contributed by atoms with Gasteiger partial charge >= 0.3 is 118 Å². The van der Waals surface area contributed by atoms with Gasteiger partial charge in [-0.1, -0.05) is 0 Å². The van der Waals surface area contributed by atoms with Crippen molar-refractivity contribution in [2.24, 2.45) is 5.73 Å². The molecule has 0 saturated carbocycles. The molecule has 0 amide bonds. The van der Waals surface area contributed by atoms with Crippen molar-refractivity contribution in [3.8, 4) is 0 Å². The minimum atomic E-state index is -5.92. The number of rotatable bonds is 6. The molecule has 0 spiro atoms. The fourth-order valence-electron chi connectivity index (χ4n) is 0.930. The van der Waals surface area contributed by atoms with E-state index in [2.05, 4.69) is 0 Å². The molecule has 0 aromatic heterocycles. The van der Waals surface area contributed by atoms with Crippen molar-refractivity contribution in [1.29, 1.82) is 0 Å². The van der Waals surface area contributed by atoms with E-state index in [4.69, 9.17) is 10.8 Å². The van der Waals surface area contributed by atoms with E-state index in [0.717, 1.165) is 0 Å². The van der Waals surface area contributed by atoms with E-state index in [-0.39, 0.29) is 138 Å². The summed E-state index contributed by atoms with van der Waals surface area (Å²) in [6.45, 7) is 0.125. The molecule has 0 heterocycles. The molecule has 0 fully saturated rings. The summed E-state index contributed by atoms with van der Waals surface area (Å²) in [5, 5.41) is 5.35. The minimum Gasteiger partial charge on any atom is -0.808 e. The van der Waals surface area contributed by atoms with Gasteiger partial charge in [0.25, 0.3) is 0 Å². The monoisotopic (exact) mass is 351 g/mol. The minimum absolute atomic E-state index is 0. The van der Waals surface area contributed by atoms with E-state index in [1.165, 1.54) is 0 Å². The van der Waals surface area contributed by atoms with E-state index < -0.39 is 26.7 Å². The molecule has 3 N–H and O–H groups in total. The molecule has 0 aromatic rings. The second-order valence-corrected chi connectivity index (χ2v) is 6.84. The average molecular weight is 351 g/mol. The fourth-order valence-corrected chi connectivity index (χ4v) is 2.99. The third-order valence-electron chi connectivity index (χ3n) is 1.84. The van der Waals surface area contributed by atoms with Crippen molar-refractivity contribution in [2.45, 2.75) is 24.3 Å². The van der Waals surface area contributed by atoms with Gasteiger partial charge in [0.15, 0.2) is 0 Å². The normalized spacial score (nSPS) is 11.3. The second kappa shape index (κ2) is 14.6. The van der Waals surface area contributed by atoms with E-state index in [1.54, 1.807) is 0 Å². The average Bonchev–Trinajstić information content (AvgIpc) is 2.00. The van der Waals surface area contributed by atoms with Gasteiger partial charge in [0, 0.05) is 0 Å². The van der Waals surface area contributed by atoms with Crippen LogP contribution in [-0.2, 0) is 9.13 Å². The molecule has 0 aliphatic heterocycles. The van der Waals surface area contributed by atoms with Crippen LogP contribution in [0.1, 0.15) is 19.3 Å². The molecule has 0 atom stereocenters. The summed E-state index contributed by atoms with van der Waals surface area (Å²) < 4.78 is 21.0. The van der Waals surface area contributed by atoms with Crippen LogP contribution in [0.5, 0.6) is 0 Å². The summed E-state index contributed by atoms with van der Waals surface area (Å²) in [6, 6.07) is 0. The summed E-state index contributed by atoms with van der Waals surface area (Å²) in [5.41, 5.74) is 5.04. The Morgan fingerprint density at radius 1 is 0.895 bits per heavy atom. The molecule has 0 aliphatic carbocycles. The van der Waals surface area contributed by atoms with Gasteiger partial charge in [-0.15, -0.1) is 0 Å². The van der Waals surface area contributed by atoms with Crippen LogP contribution in [0.25, 0.3) is 0 Å². The van der Waals surface area contributed by atoms with Gasteiger partial charge in [0.1, 0.15) is 5.08 Å². The summed E-state index contributed by atoms with van der Waals surface area (Å²) in [4.78, 5) is 42.1. The summed E-state index contributed by atoms with van der Waals surface area (Å²) in [6.07, 6.45) is -0.892. The Hall–Kier alpha value is 4.22. The van der Waals surface area contributed by atoms with Crippen LogP contribution in [0, 0.1) is 0 Å². The third-order valence-corrected chi connectivity index (χ3v) is 5.51. The summed E-state index contributed by atoms with van der Waals surface area (Å²) in [7, 11) is -11.8. The molecule has 14 heteroatoms. The molecule has 0 aliphatic rings. The van der Waals surface area contributed by atoms with Gasteiger partial charge in [0.05, 0.1) is 0 Å². The van der Waals surface area contributed by atoms with Crippen molar-refractivity contribution in [3.63, 3.8) is 0 Å². The zero-order valence-corrected chi connectivity index (χ0v) is 21.5. The largest absolute Gasteiger partial charge is 1.00 e. The van der Waals surface area contributed by atoms with Gasteiger partial charge in [-0.3, -0.25) is 0 Å². The first-order valence-electron chi connectivity index (χ1n) is 4.03. The Morgan fingerprint density at radius 2 is 1.21 bits per heavy atom. The van der Waals surface area contributed by atoms with Crippen LogP contribution in [0.4, 0.5) is 0 Å². The van der Waals surface area contributed by atoms with Gasteiger partial charge in [0.2, 0.25) is 0 Å². The Kier molecular flexibility index (Phi) is 26.5. The maximum Gasteiger partial charge on any atom is 1.00 e. The van der Waals surface area contributed by atoms with Crippen LogP contribution in [0.15, 0.2) is 0 Å². The first kappa shape index (κ1) is 34.5. The zero-order valence-electron chi connectivity index (χ0n) is 11.7. The molecular weight excluding hydrogens is 340 g/mol. The van der Waals surface area contributed by atoms with Crippen LogP contribution in [0.2, 0.25) is 0 Å². The smallest absolute Gasteiger partial charge is 0.808 e. The standard InChI is InChI=1S/C5H15NO7P2.4Na/c6-4-2-1-3-5(7,14(8,9)10)15(11,12)13;;;;/h7H,1-4,6H2,(H2,8,9,10)(H2,11,12,13);;;;/q;4*+1/p-4. The summed E-state index contributed by atoms with van der Waals surface area (Å²) >= 11 is 0. The molecule has 92 valence electrons. The number of unbranched alkanes of at least 4 members (excludes halogenated alkanes) is 1. The van der Waals surface area contributed by atoms with Crippen molar-refractivity contribution in [2.75, 3.05) is 6.54 Å². The second-order valence-electron chi connectivity index (χ2n) is 3.02. The van der Waals surface area contributed by atoms with Gasteiger partial charge in [-0.25, -0.2) is 0 Å². The van der Waals surface area contributed by atoms with E-state index in [1.807, 2.05) is 0 Å². The zero-order chi connectivity index (χ0) is 12.3. The van der Waals surface area contributed by atoms with Crippen molar-refractivity contribution < 1.29 is 152 Å². The Balaban J connectivity index is -0.000000163. The van der Waals surface area contributed by atoms with Crippen molar-refractivity contribution in [3.05, 3.63) is 0 Å². The number of hydrogen-bond donors (Lipinski definition) is 2. The molecule has 0 bridgehead atoms. The van der Waals surface area contributed by atoms with Gasteiger partial charge in [-0.2, -0.15) is 0 Å². The number of hydrogen-bond acceptors (Lipinski definition) is 8. The maximum absolute atomic E-state index is 10.5. The number of aliphatic hydroxyl groups is 1. The van der Waals surface area contributed by atoms with Crippen molar-refractivity contribution in [1.82, 2.24) is 0 Å². The van der Waals surface area contributed by atoms with E-state index in [0.29, 0.717) is 0 Å². The third kappa shape index (κ3) is 11.4. The van der Waals surface area contributed by atoms with Crippen LogP contribution in [0.3, 0.4) is 0 Å². The maximum atomic E-state index is 10.5. The first-order chi connectivity index (χ1) is 6.56. The molecule has 0 radical (unpaired) electrons. The van der Waals surface area contributed by atoms with Crippen LogP contribution >= 0.6 is 15.2 Å². The molecular formula is C5H11NNa4O7P2. The predicted molar refractivity (Wildman–Crippen MR) is 43.1 cm³/mol. The van der Waals surface area contributed by atoms with Crippen LogP contribution < -0.4 is 144 Å². The Labute approximate surface area is 200 Å². The predicted octanol–water partition coefficient (Wildman–Crippen LogP) is -15.4. The Bertz CT molecular complexity index is 286. The SMILES string of the molecule is NCCCCC(O)(P(=O)([O-])[O-])P(=O)([O-])[O-].[Na+].[Na+].[Na+].[Na+]. The Morgan fingerprint density at radius 3 is 1.42 bits per heavy atom. The first-order valence-corrected chi connectivity index (χ1v) is 7.11. The summed E-state index contributed by atoms with van der Waals surface area (Å²) in [5.74, 6) is 0. The quantitative estimate of drug-likeness (QED) is 0.270. The molecule has 0 aromatic carbocycles. The molecule has 0 unspecified atom stereocenters. The molecule has 19 heavy (non-hydrogen) atoms. The number of nitrogens with two attached hydrogens (primary N) is 1. The molecule has 0 saturated heterocycles. The van der Waals surface area contributed by atoms with Gasteiger partial charge < -0.3 is 39.5 Å².